The van der Waals surface area contributed by atoms with Crippen LogP contribution in [0.2, 0.25) is 0 Å². The maximum atomic E-state index is 4.31. The number of aliphatic imine (C=N–C) groups is 1. The molecule has 0 unspecified atom stereocenters. The number of nitrogens with one attached hydrogen (secondary N) is 2. The molecule has 0 amide bonds. The molecule has 96 valence electrons. The van der Waals surface area contributed by atoms with Gasteiger partial charge in [-0.1, -0.05) is 0 Å². The first kappa shape index (κ1) is 14.3. The van der Waals surface area contributed by atoms with Gasteiger partial charge in [-0.15, -0.1) is 24.0 Å². The summed E-state index contributed by atoms with van der Waals surface area (Å²) in [4.78, 5) is 9.65. The Bertz CT molecular complexity index is 343. The van der Waals surface area contributed by atoms with Crippen LogP contribution >= 0.6 is 24.0 Å². The van der Waals surface area contributed by atoms with Crippen molar-refractivity contribution in [1.29, 1.82) is 0 Å². The van der Waals surface area contributed by atoms with E-state index in [1.54, 1.807) is 0 Å². The van der Waals surface area contributed by atoms with Gasteiger partial charge in [0.15, 0.2) is 5.96 Å². The minimum absolute atomic E-state index is 0. The molecule has 1 aliphatic carbocycles. The molecule has 17 heavy (non-hydrogen) atoms. The molecule has 0 radical (unpaired) electrons. The molecule has 1 aromatic rings. The van der Waals surface area contributed by atoms with E-state index in [0.717, 1.165) is 12.5 Å². The highest BCUT2D eigenvalue weighted by Crippen LogP contribution is 2.18. The Morgan fingerprint density at radius 1 is 1.59 bits per heavy atom. The number of hydrogen-bond donors (Lipinski definition) is 2. The van der Waals surface area contributed by atoms with Crippen molar-refractivity contribution in [1.82, 2.24) is 15.2 Å². The van der Waals surface area contributed by atoms with Gasteiger partial charge in [0, 0.05) is 32.0 Å². The first-order chi connectivity index (χ1) is 7.79. The lowest BCUT2D eigenvalue weighted by Crippen LogP contribution is -2.46. The van der Waals surface area contributed by atoms with Crippen molar-refractivity contribution >= 4 is 29.9 Å². The number of guanidine groups is 1. The maximum absolute atomic E-state index is 4.31. The van der Waals surface area contributed by atoms with Gasteiger partial charge in [0.25, 0.3) is 0 Å². The number of aromatic amines is 1. The molecule has 0 spiro atoms. The predicted molar refractivity (Wildman–Crippen MR) is 81.8 cm³/mol. The number of rotatable bonds is 3. The predicted octanol–water partition coefficient (Wildman–Crippen LogP) is 2.19. The van der Waals surface area contributed by atoms with Gasteiger partial charge in [-0.2, -0.15) is 0 Å². The second-order valence-electron chi connectivity index (χ2n) is 4.37. The lowest BCUT2D eigenvalue weighted by Gasteiger charge is -2.31. The van der Waals surface area contributed by atoms with Crippen molar-refractivity contribution < 1.29 is 0 Å². The Labute approximate surface area is 120 Å². The molecule has 1 aromatic heterocycles. The van der Waals surface area contributed by atoms with Crippen molar-refractivity contribution in [3.63, 3.8) is 0 Å². The molecule has 0 bridgehead atoms. The summed E-state index contributed by atoms with van der Waals surface area (Å²) in [6.45, 7) is 0.861. The summed E-state index contributed by atoms with van der Waals surface area (Å²) in [5.41, 5.74) is 1.21. The fourth-order valence-electron chi connectivity index (χ4n) is 1.88. The molecule has 2 rings (SSSR count). The fraction of sp³-hybridized carbons (Fsp3) is 0.583. The minimum Gasteiger partial charge on any atom is -0.364 e. The van der Waals surface area contributed by atoms with E-state index < -0.39 is 0 Å². The molecular formula is C12H21IN4. The summed E-state index contributed by atoms with van der Waals surface area (Å²) in [6.07, 6.45) is 5.84. The number of aromatic nitrogens is 1. The summed E-state index contributed by atoms with van der Waals surface area (Å²) in [6, 6.07) is 4.74. The number of H-pyrrole nitrogens is 1. The van der Waals surface area contributed by atoms with Crippen LogP contribution < -0.4 is 5.32 Å². The zero-order chi connectivity index (χ0) is 11.4. The normalized spacial score (nSPS) is 16.0. The number of hydrogen-bond acceptors (Lipinski definition) is 1. The molecule has 0 atom stereocenters. The van der Waals surface area contributed by atoms with Gasteiger partial charge >= 0.3 is 0 Å². The van der Waals surface area contributed by atoms with E-state index in [1.807, 2.05) is 19.3 Å². The van der Waals surface area contributed by atoms with Crippen molar-refractivity contribution in [2.45, 2.75) is 31.8 Å². The van der Waals surface area contributed by atoms with E-state index in [9.17, 15) is 0 Å². The number of nitrogens with zero attached hydrogens (tertiary/aromatic N) is 2. The largest absolute Gasteiger partial charge is 0.364 e. The highest BCUT2D eigenvalue weighted by molar-refractivity contribution is 14.0. The molecule has 0 saturated heterocycles. The quantitative estimate of drug-likeness (QED) is 0.500. The number of halogens is 1. The summed E-state index contributed by atoms with van der Waals surface area (Å²) in [7, 11) is 3.90. The lowest BCUT2D eigenvalue weighted by molar-refractivity contribution is 0.359. The van der Waals surface area contributed by atoms with E-state index >= 15 is 0 Å². The van der Waals surface area contributed by atoms with Gasteiger partial charge in [0.2, 0.25) is 0 Å². The Hall–Kier alpha value is -0.720. The van der Waals surface area contributed by atoms with Gasteiger partial charge < -0.3 is 15.2 Å². The Kier molecular flexibility index (Phi) is 5.80. The molecule has 1 saturated carbocycles. The van der Waals surface area contributed by atoms with Crippen LogP contribution in [-0.4, -0.2) is 36.0 Å². The highest BCUT2D eigenvalue weighted by atomic mass is 127. The third-order valence-corrected chi connectivity index (χ3v) is 3.08. The van der Waals surface area contributed by atoms with Crippen LogP contribution in [0.1, 0.15) is 25.0 Å². The maximum Gasteiger partial charge on any atom is 0.193 e. The van der Waals surface area contributed by atoms with Gasteiger partial charge in [-0.25, -0.2) is 0 Å². The summed E-state index contributed by atoms with van der Waals surface area (Å²) >= 11 is 0. The Morgan fingerprint density at radius 2 is 2.35 bits per heavy atom. The average molecular weight is 348 g/mol. The van der Waals surface area contributed by atoms with Crippen LogP contribution in [0, 0.1) is 0 Å². The van der Waals surface area contributed by atoms with Crippen molar-refractivity contribution in [3.8, 4) is 0 Å². The molecule has 1 aliphatic rings. The monoisotopic (exact) mass is 348 g/mol. The molecule has 5 heteroatoms. The van der Waals surface area contributed by atoms with Crippen molar-refractivity contribution in [3.05, 3.63) is 24.0 Å². The second-order valence-corrected chi connectivity index (χ2v) is 4.37. The van der Waals surface area contributed by atoms with Crippen LogP contribution in [0.5, 0.6) is 0 Å². The lowest BCUT2D eigenvalue weighted by atomic mass is 9.93. The molecule has 4 nitrogen and oxygen atoms in total. The molecular weight excluding hydrogens is 327 g/mol. The van der Waals surface area contributed by atoms with E-state index in [4.69, 9.17) is 0 Å². The average Bonchev–Trinajstić information content (AvgIpc) is 2.69. The fourth-order valence-corrected chi connectivity index (χ4v) is 1.88. The Balaban J connectivity index is 0.00000144. The minimum atomic E-state index is 0. The van der Waals surface area contributed by atoms with Crippen LogP contribution in [-0.2, 0) is 6.54 Å². The third kappa shape index (κ3) is 3.90. The highest BCUT2D eigenvalue weighted by Gasteiger charge is 2.19. The second kappa shape index (κ2) is 6.88. The zero-order valence-electron chi connectivity index (χ0n) is 10.4. The van der Waals surface area contributed by atoms with Crippen LogP contribution in [0.15, 0.2) is 23.3 Å². The molecule has 2 N–H and O–H groups in total. The first-order valence-electron chi connectivity index (χ1n) is 5.86. The topological polar surface area (TPSA) is 43.4 Å². The van der Waals surface area contributed by atoms with Gasteiger partial charge in [0.05, 0.1) is 6.54 Å². The van der Waals surface area contributed by atoms with E-state index in [1.165, 1.54) is 25.0 Å². The first-order valence-corrected chi connectivity index (χ1v) is 5.86. The smallest absolute Gasteiger partial charge is 0.193 e. The van der Waals surface area contributed by atoms with E-state index in [0.29, 0.717) is 6.04 Å². The van der Waals surface area contributed by atoms with Crippen LogP contribution in [0.3, 0.4) is 0 Å². The molecule has 1 heterocycles. The molecule has 1 fully saturated rings. The van der Waals surface area contributed by atoms with Crippen molar-refractivity contribution in [2.24, 2.45) is 4.99 Å². The van der Waals surface area contributed by atoms with Crippen LogP contribution in [0.25, 0.3) is 0 Å². The third-order valence-electron chi connectivity index (χ3n) is 3.08. The van der Waals surface area contributed by atoms with Crippen LogP contribution in [0.4, 0.5) is 0 Å². The van der Waals surface area contributed by atoms with Gasteiger partial charge in [-0.3, -0.25) is 4.99 Å². The Morgan fingerprint density at radius 3 is 2.82 bits per heavy atom. The summed E-state index contributed by atoms with van der Waals surface area (Å²) < 4.78 is 0. The molecule has 0 aromatic carbocycles. The van der Waals surface area contributed by atoms with E-state index in [2.05, 4.69) is 33.3 Å². The standard InChI is InChI=1S/C12H20N4.HI/c1-13-12(15-10-5-3-6-10)16(2)9-11-7-4-8-14-11;/h4,7-8,10,14H,3,5-6,9H2,1-2H3,(H,13,15);1H. The summed E-state index contributed by atoms with van der Waals surface area (Å²) in [5, 5.41) is 3.48. The van der Waals surface area contributed by atoms with Crippen molar-refractivity contribution in [2.75, 3.05) is 14.1 Å². The SMILES string of the molecule is CN=C(NC1CCC1)N(C)Cc1ccc[nH]1.I. The van der Waals surface area contributed by atoms with E-state index in [-0.39, 0.29) is 24.0 Å². The summed E-state index contributed by atoms with van der Waals surface area (Å²) in [5.74, 6) is 0.985. The molecule has 0 aliphatic heterocycles. The van der Waals surface area contributed by atoms with Gasteiger partial charge in [-0.05, 0) is 31.4 Å². The zero-order valence-corrected chi connectivity index (χ0v) is 12.8. The van der Waals surface area contributed by atoms with Gasteiger partial charge in [0.1, 0.15) is 0 Å².